The fourth-order valence-corrected chi connectivity index (χ4v) is 4.82. The van der Waals surface area contributed by atoms with Crippen LogP contribution in [0.3, 0.4) is 0 Å². The summed E-state index contributed by atoms with van der Waals surface area (Å²) < 4.78 is 26.8. The monoisotopic (exact) mass is 309 g/mol. The van der Waals surface area contributed by atoms with E-state index < -0.39 is 10.0 Å². The van der Waals surface area contributed by atoms with Gasteiger partial charge >= 0.3 is 0 Å². The molecular weight excluding hydrogens is 298 g/mol. The summed E-state index contributed by atoms with van der Waals surface area (Å²) in [4.78, 5) is 0. The van der Waals surface area contributed by atoms with E-state index >= 15 is 0 Å². The van der Waals surface area contributed by atoms with Crippen molar-refractivity contribution in [1.82, 2.24) is 4.31 Å². The molecule has 1 heterocycles. The van der Waals surface area contributed by atoms with Crippen LogP contribution in [0, 0.1) is 5.92 Å². The Hall–Kier alpha value is 0.0900. The highest BCUT2D eigenvalue weighted by atomic mass is 79.9. The molecule has 1 aliphatic carbocycles. The summed E-state index contributed by atoms with van der Waals surface area (Å²) in [6.07, 6.45) is 2.32. The van der Waals surface area contributed by atoms with Crippen molar-refractivity contribution in [3.8, 4) is 0 Å². The molecule has 0 aliphatic heterocycles. The Balaban J connectivity index is 2.17. The molecule has 0 atom stereocenters. The molecule has 1 saturated carbocycles. The molecule has 0 bridgehead atoms. The molecule has 0 saturated heterocycles. The zero-order valence-electron chi connectivity index (χ0n) is 8.31. The number of thiophene rings is 1. The van der Waals surface area contributed by atoms with Crippen LogP contribution in [0.2, 0.25) is 0 Å². The number of hydrogen-bond acceptors (Lipinski definition) is 3. The van der Waals surface area contributed by atoms with E-state index in [2.05, 4.69) is 15.9 Å². The first-order valence-corrected chi connectivity index (χ1v) is 7.77. The van der Waals surface area contributed by atoms with Gasteiger partial charge < -0.3 is 0 Å². The Morgan fingerprint density at radius 2 is 2.20 bits per heavy atom. The van der Waals surface area contributed by atoms with Crippen LogP contribution in [0.5, 0.6) is 0 Å². The molecule has 0 unspecified atom stereocenters. The van der Waals surface area contributed by atoms with E-state index in [0.29, 0.717) is 16.7 Å². The molecule has 0 amide bonds. The molecule has 0 spiro atoms. The molecule has 1 aliphatic rings. The lowest BCUT2D eigenvalue weighted by molar-refractivity contribution is 0.454. The Bertz CT molecular complexity index is 450. The second-order valence-electron chi connectivity index (χ2n) is 3.79. The van der Waals surface area contributed by atoms with Crippen molar-refractivity contribution < 1.29 is 8.42 Å². The molecule has 84 valence electrons. The number of sulfonamides is 1. The molecule has 1 aromatic heterocycles. The first kappa shape index (κ1) is 11.6. The third-order valence-electron chi connectivity index (χ3n) is 2.43. The lowest BCUT2D eigenvalue weighted by Crippen LogP contribution is -2.28. The van der Waals surface area contributed by atoms with E-state index in [9.17, 15) is 8.42 Å². The van der Waals surface area contributed by atoms with Crippen molar-refractivity contribution in [3.05, 3.63) is 15.9 Å². The van der Waals surface area contributed by atoms with Crippen molar-refractivity contribution in [1.29, 1.82) is 0 Å². The van der Waals surface area contributed by atoms with Crippen LogP contribution >= 0.6 is 27.3 Å². The predicted octanol–water partition coefficient (Wildman–Crippen LogP) is 2.54. The number of rotatable bonds is 4. The van der Waals surface area contributed by atoms with E-state index in [4.69, 9.17) is 0 Å². The van der Waals surface area contributed by atoms with Crippen LogP contribution < -0.4 is 0 Å². The highest BCUT2D eigenvalue weighted by Crippen LogP contribution is 2.33. The van der Waals surface area contributed by atoms with Gasteiger partial charge in [0, 0.05) is 13.6 Å². The van der Waals surface area contributed by atoms with Crippen molar-refractivity contribution in [3.63, 3.8) is 0 Å². The summed E-state index contributed by atoms with van der Waals surface area (Å²) >= 11 is 4.53. The van der Waals surface area contributed by atoms with Crippen LogP contribution in [0.1, 0.15) is 12.8 Å². The van der Waals surface area contributed by atoms with Gasteiger partial charge in [0.05, 0.1) is 3.79 Å². The molecule has 15 heavy (non-hydrogen) atoms. The average molecular weight is 310 g/mol. The molecule has 3 nitrogen and oxygen atoms in total. The molecule has 1 aromatic rings. The van der Waals surface area contributed by atoms with Crippen molar-refractivity contribution in [2.24, 2.45) is 5.92 Å². The highest BCUT2D eigenvalue weighted by Gasteiger charge is 2.29. The van der Waals surface area contributed by atoms with Crippen molar-refractivity contribution >= 4 is 37.3 Å². The maximum Gasteiger partial charge on any atom is 0.252 e. The van der Waals surface area contributed by atoms with E-state index in [1.54, 1.807) is 19.2 Å². The topological polar surface area (TPSA) is 37.4 Å². The second kappa shape index (κ2) is 4.16. The lowest BCUT2D eigenvalue weighted by Gasteiger charge is -2.15. The molecule has 0 aromatic carbocycles. The standard InChI is InChI=1S/C9H12BrNO2S2/c1-11(6-7-2-3-7)15(12,13)9-5-4-8(10)14-9/h4-5,7H,2-3,6H2,1H3. The smallest absolute Gasteiger partial charge is 0.206 e. The van der Waals surface area contributed by atoms with Gasteiger partial charge in [0.25, 0.3) is 10.0 Å². The maximum atomic E-state index is 12.0. The quantitative estimate of drug-likeness (QED) is 0.857. The normalized spacial score (nSPS) is 17.3. The first-order valence-electron chi connectivity index (χ1n) is 4.72. The largest absolute Gasteiger partial charge is 0.252 e. The third kappa shape index (κ3) is 2.61. The van der Waals surface area contributed by atoms with Crippen LogP contribution in [-0.4, -0.2) is 26.3 Å². The maximum absolute atomic E-state index is 12.0. The molecule has 1 fully saturated rings. The summed E-state index contributed by atoms with van der Waals surface area (Å²) in [5.74, 6) is 0.577. The first-order chi connectivity index (χ1) is 7.00. The average Bonchev–Trinajstić information content (AvgIpc) is 2.86. The van der Waals surface area contributed by atoms with Crippen LogP contribution in [0.4, 0.5) is 0 Å². The highest BCUT2D eigenvalue weighted by molar-refractivity contribution is 9.11. The van der Waals surface area contributed by atoms with Gasteiger partial charge in [0.15, 0.2) is 0 Å². The molecule has 6 heteroatoms. The van der Waals surface area contributed by atoms with Gasteiger partial charge in [-0.25, -0.2) is 8.42 Å². The summed E-state index contributed by atoms with van der Waals surface area (Å²) in [6.45, 7) is 0.651. The fourth-order valence-electron chi connectivity index (χ4n) is 1.35. The zero-order valence-corrected chi connectivity index (χ0v) is 11.5. The van der Waals surface area contributed by atoms with Crippen LogP contribution in [-0.2, 0) is 10.0 Å². The Kier molecular flexibility index (Phi) is 3.21. The van der Waals surface area contributed by atoms with Gasteiger partial charge in [-0.3, -0.25) is 0 Å². The van der Waals surface area contributed by atoms with E-state index in [1.807, 2.05) is 0 Å². The van der Waals surface area contributed by atoms with Gasteiger partial charge in [-0.1, -0.05) is 0 Å². The summed E-state index contributed by atoms with van der Waals surface area (Å²) in [6, 6.07) is 3.41. The molecular formula is C9H12BrNO2S2. The van der Waals surface area contributed by atoms with Gasteiger partial charge in [0.1, 0.15) is 4.21 Å². The Morgan fingerprint density at radius 1 is 1.53 bits per heavy atom. The molecule has 0 N–H and O–H groups in total. The minimum Gasteiger partial charge on any atom is -0.206 e. The number of nitrogens with zero attached hydrogens (tertiary/aromatic N) is 1. The van der Waals surface area contributed by atoms with Crippen molar-refractivity contribution in [2.45, 2.75) is 17.1 Å². The SMILES string of the molecule is CN(CC1CC1)S(=O)(=O)c1ccc(Br)s1. The lowest BCUT2D eigenvalue weighted by atomic mass is 10.4. The zero-order chi connectivity index (χ0) is 11.1. The van der Waals surface area contributed by atoms with Crippen molar-refractivity contribution in [2.75, 3.05) is 13.6 Å². The van der Waals surface area contributed by atoms with E-state index in [-0.39, 0.29) is 0 Å². The van der Waals surface area contributed by atoms with E-state index in [0.717, 1.165) is 16.6 Å². The minimum absolute atomic E-state index is 0.414. The number of halogens is 1. The minimum atomic E-state index is -3.25. The van der Waals surface area contributed by atoms with E-state index in [1.165, 1.54) is 15.6 Å². The fraction of sp³-hybridized carbons (Fsp3) is 0.556. The third-order valence-corrected chi connectivity index (χ3v) is 6.34. The van der Waals surface area contributed by atoms with Gasteiger partial charge in [-0.15, -0.1) is 11.3 Å². The summed E-state index contributed by atoms with van der Waals surface area (Å²) in [5.41, 5.74) is 0. The summed E-state index contributed by atoms with van der Waals surface area (Å²) in [5, 5.41) is 0. The Labute approximate surface area is 102 Å². The van der Waals surface area contributed by atoms with Gasteiger partial charge in [-0.2, -0.15) is 4.31 Å². The molecule has 0 radical (unpaired) electrons. The van der Waals surface area contributed by atoms with Crippen LogP contribution in [0.15, 0.2) is 20.1 Å². The summed E-state index contributed by atoms with van der Waals surface area (Å²) in [7, 11) is -1.60. The predicted molar refractivity (Wildman–Crippen MR) is 64.6 cm³/mol. The Morgan fingerprint density at radius 3 is 2.67 bits per heavy atom. The van der Waals surface area contributed by atoms with Crippen LogP contribution in [0.25, 0.3) is 0 Å². The molecule has 2 rings (SSSR count). The second-order valence-corrected chi connectivity index (χ2v) is 8.52. The van der Waals surface area contributed by atoms with Gasteiger partial charge in [0.2, 0.25) is 0 Å². The number of hydrogen-bond donors (Lipinski definition) is 0. The van der Waals surface area contributed by atoms with Gasteiger partial charge in [-0.05, 0) is 46.8 Å².